The van der Waals surface area contributed by atoms with Crippen LogP contribution in [0, 0.1) is 19.8 Å². The van der Waals surface area contributed by atoms with Crippen LogP contribution in [0.1, 0.15) is 43.7 Å². The van der Waals surface area contributed by atoms with Gasteiger partial charge in [0.15, 0.2) is 0 Å². The number of carbonyl (C=O) groups excluding carboxylic acids is 1. The second-order valence-corrected chi connectivity index (χ2v) is 6.11. The Morgan fingerprint density at radius 3 is 2.70 bits per heavy atom. The maximum Gasteiger partial charge on any atom is 0.239 e. The highest BCUT2D eigenvalue weighted by molar-refractivity contribution is 5.81. The van der Waals surface area contributed by atoms with E-state index in [4.69, 9.17) is 0 Å². The fraction of sp³-hybridized carbons (Fsp3) is 0.588. The maximum absolute atomic E-state index is 12.0. The van der Waals surface area contributed by atoms with Crippen molar-refractivity contribution in [2.45, 2.75) is 52.5 Å². The first-order valence-corrected chi connectivity index (χ1v) is 7.67. The maximum atomic E-state index is 12.0. The topological polar surface area (TPSA) is 41.1 Å². The highest BCUT2D eigenvalue weighted by Crippen LogP contribution is 2.23. The van der Waals surface area contributed by atoms with E-state index in [1.165, 1.54) is 30.4 Å². The molecular weight excluding hydrogens is 248 g/mol. The van der Waals surface area contributed by atoms with Crippen LogP contribution in [0.4, 0.5) is 5.69 Å². The molecule has 110 valence electrons. The summed E-state index contributed by atoms with van der Waals surface area (Å²) in [5.74, 6) is 0.706. The molecule has 2 rings (SSSR count). The zero-order valence-electron chi connectivity index (χ0n) is 12.8. The number of carbonyl (C=O) groups is 1. The first-order valence-electron chi connectivity index (χ1n) is 7.67. The van der Waals surface area contributed by atoms with Crippen molar-refractivity contribution >= 4 is 11.6 Å². The Balaban J connectivity index is 1.82. The molecule has 3 heteroatoms. The molecule has 1 aliphatic rings. The van der Waals surface area contributed by atoms with E-state index in [-0.39, 0.29) is 5.91 Å². The van der Waals surface area contributed by atoms with Gasteiger partial charge >= 0.3 is 0 Å². The monoisotopic (exact) mass is 274 g/mol. The third-order valence-electron chi connectivity index (χ3n) is 4.28. The Bertz CT molecular complexity index is 470. The van der Waals surface area contributed by atoms with Gasteiger partial charge in [-0.05, 0) is 44.2 Å². The summed E-state index contributed by atoms with van der Waals surface area (Å²) >= 11 is 0. The van der Waals surface area contributed by atoms with Crippen molar-refractivity contribution in [1.29, 1.82) is 0 Å². The minimum Gasteiger partial charge on any atom is -0.376 e. The van der Waals surface area contributed by atoms with E-state index in [2.05, 4.69) is 43.5 Å². The number of nitrogens with one attached hydrogen (secondary N) is 2. The second kappa shape index (κ2) is 6.78. The van der Waals surface area contributed by atoms with Gasteiger partial charge in [0.2, 0.25) is 5.91 Å². The Hall–Kier alpha value is -1.51. The van der Waals surface area contributed by atoms with E-state index < -0.39 is 0 Å². The number of anilines is 1. The average molecular weight is 274 g/mol. The zero-order valence-corrected chi connectivity index (χ0v) is 12.8. The predicted molar refractivity (Wildman–Crippen MR) is 84.0 cm³/mol. The molecule has 0 bridgehead atoms. The fourth-order valence-corrected chi connectivity index (χ4v) is 2.98. The minimum atomic E-state index is 0.101. The third-order valence-corrected chi connectivity index (χ3v) is 4.28. The van der Waals surface area contributed by atoms with Gasteiger partial charge in [-0.3, -0.25) is 4.79 Å². The van der Waals surface area contributed by atoms with Crippen molar-refractivity contribution in [3.8, 4) is 0 Å². The summed E-state index contributed by atoms with van der Waals surface area (Å²) in [4.78, 5) is 12.0. The largest absolute Gasteiger partial charge is 0.376 e. The quantitative estimate of drug-likeness (QED) is 0.883. The van der Waals surface area contributed by atoms with Crippen molar-refractivity contribution in [1.82, 2.24) is 5.32 Å². The van der Waals surface area contributed by atoms with Crippen LogP contribution < -0.4 is 10.6 Å². The number of rotatable bonds is 4. The van der Waals surface area contributed by atoms with Gasteiger partial charge in [-0.1, -0.05) is 37.5 Å². The summed E-state index contributed by atoms with van der Waals surface area (Å²) in [5, 5.41) is 6.40. The van der Waals surface area contributed by atoms with Gasteiger partial charge < -0.3 is 10.6 Å². The van der Waals surface area contributed by atoms with E-state index >= 15 is 0 Å². The molecule has 0 aromatic heterocycles. The van der Waals surface area contributed by atoms with Crippen LogP contribution in [0.5, 0.6) is 0 Å². The normalized spacial score (nSPS) is 22.4. The summed E-state index contributed by atoms with van der Waals surface area (Å²) in [5.41, 5.74) is 3.47. The number of hydrogen-bond donors (Lipinski definition) is 2. The van der Waals surface area contributed by atoms with E-state index in [0.29, 0.717) is 18.5 Å². The van der Waals surface area contributed by atoms with Crippen molar-refractivity contribution < 1.29 is 4.79 Å². The van der Waals surface area contributed by atoms with Gasteiger partial charge in [-0.25, -0.2) is 0 Å². The first kappa shape index (κ1) is 14.9. The predicted octanol–water partition coefficient (Wildman–Crippen LogP) is 3.41. The molecule has 1 fully saturated rings. The molecule has 2 atom stereocenters. The number of benzene rings is 1. The van der Waals surface area contributed by atoms with Crippen molar-refractivity contribution in [3.63, 3.8) is 0 Å². The van der Waals surface area contributed by atoms with Crippen LogP contribution >= 0.6 is 0 Å². The lowest BCUT2D eigenvalue weighted by Crippen LogP contribution is -2.43. The van der Waals surface area contributed by atoms with Crippen molar-refractivity contribution in [2.24, 2.45) is 5.92 Å². The molecule has 1 aliphatic carbocycles. The number of amides is 1. The lowest BCUT2D eigenvalue weighted by molar-refractivity contribution is -0.120. The van der Waals surface area contributed by atoms with Crippen LogP contribution in [-0.2, 0) is 4.79 Å². The lowest BCUT2D eigenvalue weighted by Gasteiger charge is -2.29. The number of hydrogen-bond acceptors (Lipinski definition) is 2. The molecule has 0 aliphatic heterocycles. The van der Waals surface area contributed by atoms with E-state index in [1.54, 1.807) is 0 Å². The Morgan fingerprint density at radius 1 is 1.25 bits per heavy atom. The SMILES string of the molecule is Cc1ccc(NCC(=O)N[C@@H]2CCCC[C@@H]2C)c(C)c1. The Labute approximate surface area is 122 Å². The fourth-order valence-electron chi connectivity index (χ4n) is 2.98. The zero-order chi connectivity index (χ0) is 14.5. The molecule has 0 heterocycles. The molecule has 0 unspecified atom stereocenters. The highest BCUT2D eigenvalue weighted by atomic mass is 16.1. The van der Waals surface area contributed by atoms with Crippen LogP contribution in [-0.4, -0.2) is 18.5 Å². The molecule has 2 N–H and O–H groups in total. The van der Waals surface area contributed by atoms with Crippen LogP contribution in [0.3, 0.4) is 0 Å². The Morgan fingerprint density at radius 2 is 2.00 bits per heavy atom. The molecule has 1 saturated carbocycles. The van der Waals surface area contributed by atoms with Crippen molar-refractivity contribution in [2.75, 3.05) is 11.9 Å². The molecule has 20 heavy (non-hydrogen) atoms. The number of aryl methyl sites for hydroxylation is 2. The summed E-state index contributed by atoms with van der Waals surface area (Å²) in [6.07, 6.45) is 4.89. The van der Waals surface area contributed by atoms with Crippen molar-refractivity contribution in [3.05, 3.63) is 29.3 Å². The van der Waals surface area contributed by atoms with Gasteiger partial charge in [0.1, 0.15) is 0 Å². The van der Waals surface area contributed by atoms with Gasteiger partial charge in [-0.15, -0.1) is 0 Å². The molecular formula is C17H26N2O. The van der Waals surface area contributed by atoms with Crippen LogP contribution in [0.15, 0.2) is 18.2 Å². The summed E-state index contributed by atoms with van der Waals surface area (Å²) in [6, 6.07) is 6.60. The Kier molecular flexibility index (Phi) is 5.05. The van der Waals surface area contributed by atoms with Gasteiger partial charge in [-0.2, -0.15) is 0 Å². The summed E-state index contributed by atoms with van der Waals surface area (Å²) in [6.45, 7) is 6.74. The molecule has 3 nitrogen and oxygen atoms in total. The molecule has 1 aromatic rings. The first-order chi connectivity index (χ1) is 9.56. The molecule has 0 spiro atoms. The molecule has 0 saturated heterocycles. The third kappa shape index (κ3) is 3.99. The lowest BCUT2D eigenvalue weighted by atomic mass is 9.86. The smallest absolute Gasteiger partial charge is 0.239 e. The van der Waals surface area contributed by atoms with E-state index in [1.807, 2.05) is 6.07 Å². The van der Waals surface area contributed by atoms with Crippen LogP contribution in [0.2, 0.25) is 0 Å². The molecule has 1 aromatic carbocycles. The summed E-state index contributed by atoms with van der Waals surface area (Å²) in [7, 11) is 0. The van der Waals surface area contributed by atoms with Gasteiger partial charge in [0.05, 0.1) is 6.54 Å². The van der Waals surface area contributed by atoms with Gasteiger partial charge in [0, 0.05) is 11.7 Å². The van der Waals surface area contributed by atoms with Gasteiger partial charge in [0.25, 0.3) is 0 Å². The second-order valence-electron chi connectivity index (χ2n) is 6.11. The molecule has 0 radical (unpaired) electrons. The van der Waals surface area contributed by atoms with E-state index in [9.17, 15) is 4.79 Å². The highest BCUT2D eigenvalue weighted by Gasteiger charge is 2.22. The minimum absolute atomic E-state index is 0.101. The van der Waals surface area contributed by atoms with E-state index in [0.717, 1.165) is 12.1 Å². The standard InChI is InChI=1S/C17H26N2O/c1-12-8-9-15(14(3)10-12)18-11-17(20)19-16-7-5-4-6-13(16)2/h8-10,13,16,18H,4-7,11H2,1-3H3,(H,19,20)/t13-,16+/m0/s1. The summed E-state index contributed by atoms with van der Waals surface area (Å²) < 4.78 is 0. The van der Waals surface area contributed by atoms with Crippen LogP contribution in [0.25, 0.3) is 0 Å². The molecule has 1 amide bonds. The average Bonchev–Trinajstić information content (AvgIpc) is 2.40.